The molecule has 1 fully saturated rings. The van der Waals surface area contributed by atoms with Gasteiger partial charge in [0.05, 0.1) is 23.6 Å². The standard InChI is InChI=1S/C23H18F3N5O/c1-29-22(12-8-15(24)20(26)16(25)9-12)14-10-13-5-6-17(21(14)28-29)31(13)23(32)18-11-27-19-4-2-3-7-30(18)19/h2-4,7-9,11,13,17H,5-6,10H2,1H3/t13-,17+/m1/s1. The molecule has 6 nitrogen and oxygen atoms in total. The van der Waals surface area contributed by atoms with E-state index in [1.54, 1.807) is 22.3 Å². The molecule has 9 heteroatoms. The minimum atomic E-state index is -1.49. The van der Waals surface area contributed by atoms with Crippen molar-refractivity contribution >= 4 is 11.6 Å². The molecule has 0 unspecified atom stereocenters. The number of fused-ring (bicyclic) bond motifs is 5. The van der Waals surface area contributed by atoms with Crippen LogP contribution in [0.2, 0.25) is 0 Å². The van der Waals surface area contributed by atoms with Gasteiger partial charge < -0.3 is 4.90 Å². The number of pyridine rings is 1. The quantitative estimate of drug-likeness (QED) is 0.445. The van der Waals surface area contributed by atoms with E-state index in [4.69, 9.17) is 0 Å². The van der Waals surface area contributed by atoms with Crippen LogP contribution in [0, 0.1) is 17.5 Å². The number of imidazole rings is 1. The van der Waals surface area contributed by atoms with Crippen LogP contribution in [0.1, 0.15) is 40.6 Å². The first-order chi connectivity index (χ1) is 15.4. The predicted octanol–water partition coefficient (Wildman–Crippen LogP) is 4.05. The van der Waals surface area contributed by atoms with E-state index in [2.05, 4.69) is 10.1 Å². The number of hydrogen-bond donors (Lipinski definition) is 0. The molecule has 2 aliphatic heterocycles. The van der Waals surface area contributed by atoms with E-state index in [1.807, 2.05) is 29.3 Å². The summed E-state index contributed by atoms with van der Waals surface area (Å²) in [6.45, 7) is 0. The van der Waals surface area contributed by atoms with Crippen molar-refractivity contribution in [2.24, 2.45) is 7.05 Å². The number of amides is 1. The Morgan fingerprint density at radius 3 is 2.69 bits per heavy atom. The molecule has 32 heavy (non-hydrogen) atoms. The summed E-state index contributed by atoms with van der Waals surface area (Å²) in [5.74, 6) is -4.08. The molecule has 3 aromatic heterocycles. The van der Waals surface area contributed by atoms with Gasteiger partial charge in [0.15, 0.2) is 17.5 Å². The van der Waals surface area contributed by atoms with Crippen molar-refractivity contribution in [3.63, 3.8) is 0 Å². The zero-order valence-corrected chi connectivity index (χ0v) is 17.1. The zero-order valence-electron chi connectivity index (χ0n) is 17.1. The third kappa shape index (κ3) is 2.57. The molecule has 1 amide bonds. The molecule has 2 bridgehead atoms. The maximum atomic E-state index is 13.9. The van der Waals surface area contributed by atoms with E-state index < -0.39 is 17.5 Å². The first kappa shape index (κ1) is 19.1. The van der Waals surface area contributed by atoms with Crippen LogP contribution in [0.15, 0.2) is 42.7 Å². The molecule has 0 radical (unpaired) electrons. The normalized spacial score (nSPS) is 19.6. The van der Waals surface area contributed by atoms with Gasteiger partial charge in [-0.15, -0.1) is 0 Å². The number of carbonyl (C=O) groups is 1. The second-order valence-corrected chi connectivity index (χ2v) is 8.33. The molecule has 0 saturated carbocycles. The molecule has 4 aromatic rings. The minimum Gasteiger partial charge on any atom is -0.325 e. The lowest BCUT2D eigenvalue weighted by Crippen LogP contribution is -2.42. The highest BCUT2D eigenvalue weighted by molar-refractivity contribution is 5.94. The number of carbonyl (C=O) groups excluding carboxylic acids is 1. The van der Waals surface area contributed by atoms with Crippen molar-refractivity contribution in [3.8, 4) is 11.3 Å². The number of benzene rings is 1. The van der Waals surface area contributed by atoms with Gasteiger partial charge >= 0.3 is 0 Å². The SMILES string of the molecule is Cn1nc2c(c1-c1cc(F)c(F)c(F)c1)C[C@H]1CC[C@@H]2N1C(=O)c1cnc2ccccn12. The van der Waals surface area contributed by atoms with Crippen LogP contribution in [0.5, 0.6) is 0 Å². The van der Waals surface area contributed by atoms with Crippen molar-refractivity contribution in [2.45, 2.75) is 31.3 Å². The van der Waals surface area contributed by atoms with Gasteiger partial charge in [-0.25, -0.2) is 18.2 Å². The summed E-state index contributed by atoms with van der Waals surface area (Å²) < 4.78 is 44.6. The van der Waals surface area contributed by atoms with Crippen LogP contribution in [-0.2, 0) is 13.5 Å². The number of aryl methyl sites for hydroxylation is 1. The highest BCUT2D eigenvalue weighted by Gasteiger charge is 2.46. The van der Waals surface area contributed by atoms with Crippen LogP contribution in [0.25, 0.3) is 16.9 Å². The molecule has 6 rings (SSSR count). The summed E-state index contributed by atoms with van der Waals surface area (Å²) in [5, 5.41) is 4.63. The summed E-state index contributed by atoms with van der Waals surface area (Å²) in [6.07, 6.45) is 5.46. The van der Waals surface area contributed by atoms with Crippen LogP contribution in [-0.4, -0.2) is 36.0 Å². The number of halogens is 3. The fraction of sp³-hybridized carbons (Fsp3) is 0.261. The third-order valence-corrected chi connectivity index (χ3v) is 6.56. The Balaban J connectivity index is 1.43. The fourth-order valence-electron chi connectivity index (χ4n) is 5.23. The Kier molecular flexibility index (Phi) is 3.99. The highest BCUT2D eigenvalue weighted by atomic mass is 19.2. The number of aromatic nitrogens is 4. The van der Waals surface area contributed by atoms with Crippen molar-refractivity contribution < 1.29 is 18.0 Å². The maximum absolute atomic E-state index is 13.9. The van der Waals surface area contributed by atoms with E-state index >= 15 is 0 Å². The zero-order chi connectivity index (χ0) is 22.1. The average Bonchev–Trinajstić information content (AvgIpc) is 3.44. The molecule has 5 heterocycles. The van der Waals surface area contributed by atoms with E-state index in [1.165, 1.54) is 0 Å². The molecular weight excluding hydrogens is 419 g/mol. The third-order valence-electron chi connectivity index (χ3n) is 6.56. The van der Waals surface area contributed by atoms with Gasteiger partial charge in [0, 0.05) is 30.4 Å². The predicted molar refractivity (Wildman–Crippen MR) is 109 cm³/mol. The monoisotopic (exact) mass is 437 g/mol. The molecule has 2 atom stereocenters. The molecule has 162 valence electrons. The highest BCUT2D eigenvalue weighted by Crippen LogP contribution is 2.46. The van der Waals surface area contributed by atoms with Crippen LogP contribution < -0.4 is 0 Å². The lowest BCUT2D eigenvalue weighted by Gasteiger charge is -2.34. The van der Waals surface area contributed by atoms with Gasteiger partial charge in [-0.2, -0.15) is 5.10 Å². The van der Waals surface area contributed by atoms with Gasteiger partial charge in [-0.05, 0) is 43.5 Å². The molecule has 2 aliphatic rings. The molecular formula is C23H18F3N5O. The van der Waals surface area contributed by atoms with Gasteiger partial charge in [0.1, 0.15) is 11.3 Å². The summed E-state index contributed by atoms with van der Waals surface area (Å²) in [4.78, 5) is 19.7. The van der Waals surface area contributed by atoms with Crippen LogP contribution >= 0.6 is 0 Å². The molecule has 0 spiro atoms. The van der Waals surface area contributed by atoms with Gasteiger partial charge in [0.2, 0.25) is 0 Å². The molecule has 1 aromatic carbocycles. The first-order valence-corrected chi connectivity index (χ1v) is 10.4. The van der Waals surface area contributed by atoms with Crippen LogP contribution in [0.4, 0.5) is 13.2 Å². The van der Waals surface area contributed by atoms with Crippen molar-refractivity contribution in [1.82, 2.24) is 24.1 Å². The fourth-order valence-corrected chi connectivity index (χ4v) is 5.23. The lowest BCUT2D eigenvalue weighted by molar-refractivity contribution is 0.0635. The number of rotatable bonds is 2. The van der Waals surface area contributed by atoms with Gasteiger partial charge in [0.25, 0.3) is 5.91 Å². The Morgan fingerprint density at radius 1 is 1.12 bits per heavy atom. The summed E-state index contributed by atoms with van der Waals surface area (Å²) in [5.41, 5.74) is 3.55. The smallest absolute Gasteiger partial charge is 0.273 e. The summed E-state index contributed by atoms with van der Waals surface area (Å²) in [7, 11) is 1.69. The maximum Gasteiger partial charge on any atom is 0.273 e. The van der Waals surface area contributed by atoms with E-state index in [9.17, 15) is 18.0 Å². The number of hydrogen-bond acceptors (Lipinski definition) is 3. The van der Waals surface area contributed by atoms with Crippen molar-refractivity contribution in [1.29, 1.82) is 0 Å². The average molecular weight is 437 g/mol. The van der Waals surface area contributed by atoms with Crippen LogP contribution in [0.3, 0.4) is 0 Å². The second kappa shape index (κ2) is 6.69. The molecule has 1 saturated heterocycles. The Morgan fingerprint density at radius 2 is 1.91 bits per heavy atom. The first-order valence-electron chi connectivity index (χ1n) is 10.4. The van der Waals surface area contributed by atoms with Gasteiger partial charge in [-0.1, -0.05) is 6.07 Å². The topological polar surface area (TPSA) is 55.4 Å². The van der Waals surface area contributed by atoms with Gasteiger partial charge in [-0.3, -0.25) is 13.9 Å². The lowest BCUT2D eigenvalue weighted by atomic mass is 9.94. The number of nitrogens with zero attached hydrogens (tertiary/aromatic N) is 5. The summed E-state index contributed by atoms with van der Waals surface area (Å²) in [6, 6.07) is 7.24. The van der Waals surface area contributed by atoms with E-state index in [-0.39, 0.29) is 23.6 Å². The molecule has 0 aliphatic carbocycles. The van der Waals surface area contributed by atoms with E-state index in [0.717, 1.165) is 36.2 Å². The Hall–Kier alpha value is -3.62. The molecule has 0 N–H and O–H groups in total. The Bertz CT molecular complexity index is 1390. The van der Waals surface area contributed by atoms with Crippen molar-refractivity contribution in [2.75, 3.05) is 0 Å². The van der Waals surface area contributed by atoms with E-state index in [0.29, 0.717) is 23.5 Å². The van der Waals surface area contributed by atoms with Crippen molar-refractivity contribution in [3.05, 3.63) is 77.1 Å². The summed E-state index contributed by atoms with van der Waals surface area (Å²) >= 11 is 0. The Labute approximate surface area is 180 Å². The largest absolute Gasteiger partial charge is 0.325 e. The second-order valence-electron chi connectivity index (χ2n) is 8.33. The minimum absolute atomic E-state index is 0.0626.